The lowest BCUT2D eigenvalue weighted by Crippen LogP contribution is -2.32. The Labute approximate surface area is 155 Å². The molecular weight excluding hydrogens is 352 g/mol. The number of hydrogen-bond donors (Lipinski definition) is 3. The van der Waals surface area contributed by atoms with Gasteiger partial charge in [0.15, 0.2) is 0 Å². The molecule has 2 heterocycles. The Balaban J connectivity index is 1.65. The van der Waals surface area contributed by atoms with E-state index in [-0.39, 0.29) is 35.4 Å². The lowest BCUT2D eigenvalue weighted by Gasteiger charge is -2.20. The molecule has 2 aromatic rings. The average molecular weight is 372 g/mol. The molecule has 0 aliphatic heterocycles. The molecule has 0 spiro atoms. The maximum absolute atomic E-state index is 12.4. The van der Waals surface area contributed by atoms with Crippen LogP contribution in [-0.4, -0.2) is 37.2 Å². The Kier molecular flexibility index (Phi) is 5.49. The molecule has 0 radical (unpaired) electrons. The Morgan fingerprint density at radius 1 is 1.30 bits per heavy atom. The van der Waals surface area contributed by atoms with Crippen LogP contribution in [0, 0.1) is 5.92 Å². The Bertz CT molecular complexity index is 872. The Hall–Kier alpha value is -3.23. The maximum Gasteiger partial charge on any atom is 0.333 e. The predicted octanol–water partition coefficient (Wildman–Crippen LogP) is 2.04. The van der Waals surface area contributed by atoms with Crippen LogP contribution in [0.2, 0.25) is 0 Å². The molecule has 1 aliphatic carbocycles. The van der Waals surface area contributed by atoms with Crippen LogP contribution >= 0.6 is 0 Å². The van der Waals surface area contributed by atoms with Crippen LogP contribution in [0.25, 0.3) is 11.5 Å². The molecule has 9 nitrogen and oxygen atoms in total. The molecule has 0 unspecified atom stereocenters. The van der Waals surface area contributed by atoms with Gasteiger partial charge in [-0.15, -0.1) is 0 Å². The second-order valence-corrected chi connectivity index (χ2v) is 6.48. The van der Waals surface area contributed by atoms with Crippen molar-refractivity contribution >= 4 is 11.9 Å². The van der Waals surface area contributed by atoms with E-state index in [2.05, 4.69) is 20.4 Å². The van der Waals surface area contributed by atoms with Gasteiger partial charge in [0.25, 0.3) is 0 Å². The number of aliphatic carboxylic acids is 1. The van der Waals surface area contributed by atoms with Crippen molar-refractivity contribution in [1.29, 1.82) is 0 Å². The largest absolute Gasteiger partial charge is 0.506 e. The summed E-state index contributed by atoms with van der Waals surface area (Å²) >= 11 is 0. The lowest BCUT2D eigenvalue weighted by atomic mass is 9.95. The van der Waals surface area contributed by atoms with Crippen LogP contribution < -0.4 is 5.32 Å². The molecule has 0 fully saturated rings. The van der Waals surface area contributed by atoms with Gasteiger partial charge in [-0.25, -0.2) is 9.78 Å². The molecule has 3 rings (SSSR count). The fraction of sp³-hybridized carbons (Fsp3) is 0.389. The normalized spacial score (nSPS) is 15.4. The summed E-state index contributed by atoms with van der Waals surface area (Å²) in [5, 5.41) is 25.1. The molecule has 1 atom stereocenters. The van der Waals surface area contributed by atoms with E-state index in [4.69, 9.17) is 4.52 Å². The van der Waals surface area contributed by atoms with E-state index in [0.29, 0.717) is 24.2 Å². The third kappa shape index (κ3) is 4.49. The molecule has 1 aliphatic rings. The average Bonchev–Trinajstić information content (AvgIpc) is 3.11. The Morgan fingerprint density at radius 3 is 2.78 bits per heavy atom. The first kappa shape index (κ1) is 18.6. The Morgan fingerprint density at radius 2 is 2.07 bits per heavy atom. The van der Waals surface area contributed by atoms with Gasteiger partial charge < -0.3 is 20.1 Å². The molecule has 9 heteroatoms. The van der Waals surface area contributed by atoms with Crippen LogP contribution in [0.15, 0.2) is 34.1 Å². The fourth-order valence-electron chi connectivity index (χ4n) is 2.87. The summed E-state index contributed by atoms with van der Waals surface area (Å²) < 4.78 is 5.17. The van der Waals surface area contributed by atoms with Gasteiger partial charge in [-0.1, -0.05) is 12.1 Å². The number of hydrogen-bond acceptors (Lipinski definition) is 7. The predicted molar refractivity (Wildman–Crippen MR) is 93.3 cm³/mol. The molecule has 142 valence electrons. The number of pyridine rings is 1. The van der Waals surface area contributed by atoms with Crippen LogP contribution in [0.3, 0.4) is 0 Å². The van der Waals surface area contributed by atoms with Gasteiger partial charge >= 0.3 is 5.97 Å². The second-order valence-electron chi connectivity index (χ2n) is 6.48. The van der Waals surface area contributed by atoms with Crippen molar-refractivity contribution in [3.8, 4) is 17.3 Å². The van der Waals surface area contributed by atoms with E-state index in [9.17, 15) is 19.8 Å². The first-order valence-electron chi connectivity index (χ1n) is 8.68. The number of aromatic hydroxyl groups is 1. The van der Waals surface area contributed by atoms with Crippen LogP contribution in [0.4, 0.5) is 0 Å². The topological polar surface area (TPSA) is 138 Å². The van der Waals surface area contributed by atoms with Gasteiger partial charge in [0, 0.05) is 18.0 Å². The van der Waals surface area contributed by atoms with Crippen molar-refractivity contribution in [1.82, 2.24) is 20.4 Å². The zero-order valence-corrected chi connectivity index (χ0v) is 14.8. The summed E-state index contributed by atoms with van der Waals surface area (Å²) in [5.74, 6) is -1.17. The number of amides is 1. The van der Waals surface area contributed by atoms with Crippen LogP contribution in [0.1, 0.15) is 38.5 Å². The number of carbonyl (C=O) groups excluding carboxylic acids is 1. The molecule has 0 bridgehead atoms. The van der Waals surface area contributed by atoms with E-state index in [0.717, 1.165) is 12.8 Å². The molecule has 0 saturated carbocycles. The number of allylic oxidation sites excluding steroid dienone is 1. The van der Waals surface area contributed by atoms with E-state index in [1.807, 2.05) is 0 Å². The minimum Gasteiger partial charge on any atom is -0.506 e. The van der Waals surface area contributed by atoms with E-state index in [1.165, 1.54) is 12.3 Å². The third-order valence-electron chi connectivity index (χ3n) is 4.37. The highest BCUT2D eigenvalue weighted by Crippen LogP contribution is 2.24. The van der Waals surface area contributed by atoms with Gasteiger partial charge in [0.1, 0.15) is 11.4 Å². The van der Waals surface area contributed by atoms with Crippen molar-refractivity contribution in [2.75, 3.05) is 0 Å². The minimum atomic E-state index is -0.986. The molecule has 3 N–H and O–H groups in total. The summed E-state index contributed by atoms with van der Waals surface area (Å²) in [6, 6.07) is 3.02. The SMILES string of the molecule is C[C@H](Cc1nc(-c2ccc(O)cn2)no1)C(=O)NC1=C(C(=O)O)CCCC1. The number of rotatable bonds is 6. The molecule has 1 amide bonds. The van der Waals surface area contributed by atoms with Crippen LogP contribution in [0.5, 0.6) is 5.75 Å². The van der Waals surface area contributed by atoms with Gasteiger partial charge in [0.2, 0.25) is 17.6 Å². The second kappa shape index (κ2) is 7.98. The van der Waals surface area contributed by atoms with Crippen LogP contribution in [-0.2, 0) is 16.0 Å². The number of carboxylic acid groups (broad SMARTS) is 1. The van der Waals surface area contributed by atoms with Gasteiger partial charge in [0.05, 0.1) is 11.8 Å². The number of carboxylic acids is 1. The number of aromatic nitrogens is 3. The molecule has 27 heavy (non-hydrogen) atoms. The molecule has 2 aromatic heterocycles. The zero-order valence-electron chi connectivity index (χ0n) is 14.8. The number of carbonyl (C=O) groups is 2. The third-order valence-corrected chi connectivity index (χ3v) is 4.37. The van der Waals surface area contributed by atoms with Crippen molar-refractivity contribution in [2.45, 2.75) is 39.0 Å². The highest BCUT2D eigenvalue weighted by Gasteiger charge is 2.23. The zero-order chi connectivity index (χ0) is 19.4. The summed E-state index contributed by atoms with van der Waals surface area (Å²) in [6.45, 7) is 1.71. The summed E-state index contributed by atoms with van der Waals surface area (Å²) in [7, 11) is 0. The monoisotopic (exact) mass is 372 g/mol. The van der Waals surface area contributed by atoms with Gasteiger partial charge in [-0.2, -0.15) is 4.98 Å². The van der Waals surface area contributed by atoms with Crippen molar-refractivity contribution in [3.63, 3.8) is 0 Å². The highest BCUT2D eigenvalue weighted by molar-refractivity contribution is 5.89. The first-order valence-corrected chi connectivity index (χ1v) is 8.68. The standard InChI is InChI=1S/C18H20N4O5/c1-10(17(24)20-13-5-3-2-4-12(13)18(25)26)8-15-21-16(22-27-15)14-7-6-11(23)9-19-14/h6-7,9-10,23H,2-5,8H2,1H3,(H,20,24)(H,25,26)/t10-/m1/s1. The number of nitrogens with one attached hydrogen (secondary N) is 1. The van der Waals surface area contributed by atoms with Crippen molar-refractivity contribution in [3.05, 3.63) is 35.5 Å². The lowest BCUT2D eigenvalue weighted by molar-refractivity contribution is -0.133. The smallest absolute Gasteiger partial charge is 0.333 e. The van der Waals surface area contributed by atoms with Gasteiger partial charge in [-0.3, -0.25) is 4.79 Å². The highest BCUT2D eigenvalue weighted by atomic mass is 16.5. The molecular formula is C18H20N4O5. The summed E-state index contributed by atoms with van der Waals surface area (Å²) in [4.78, 5) is 31.9. The minimum absolute atomic E-state index is 0.0329. The molecule has 0 saturated heterocycles. The summed E-state index contributed by atoms with van der Waals surface area (Å²) in [5.41, 5.74) is 1.21. The maximum atomic E-state index is 12.4. The first-order chi connectivity index (χ1) is 12.9. The van der Waals surface area contributed by atoms with Crippen molar-refractivity contribution in [2.24, 2.45) is 5.92 Å². The fourth-order valence-corrected chi connectivity index (χ4v) is 2.87. The molecule has 0 aromatic carbocycles. The van der Waals surface area contributed by atoms with E-state index >= 15 is 0 Å². The van der Waals surface area contributed by atoms with Gasteiger partial charge in [-0.05, 0) is 37.8 Å². The quantitative estimate of drug-likeness (QED) is 0.700. The van der Waals surface area contributed by atoms with Crippen molar-refractivity contribution < 1.29 is 24.3 Å². The summed E-state index contributed by atoms with van der Waals surface area (Å²) in [6.07, 6.45) is 4.18. The van der Waals surface area contributed by atoms with E-state index in [1.54, 1.807) is 13.0 Å². The number of nitrogens with zero attached hydrogens (tertiary/aromatic N) is 3. The van der Waals surface area contributed by atoms with E-state index < -0.39 is 11.9 Å².